The van der Waals surface area contributed by atoms with Crippen LogP contribution in [0.1, 0.15) is 17.3 Å². The normalized spacial score (nSPS) is 9.76. The predicted molar refractivity (Wildman–Crippen MR) is 77.1 cm³/mol. The van der Waals surface area contributed by atoms with Crippen LogP contribution in [0.5, 0.6) is 0 Å². The molecule has 1 heterocycles. The fourth-order valence-corrected chi connectivity index (χ4v) is 1.58. The number of anilines is 2. The molecule has 0 atom stereocenters. The topological polar surface area (TPSA) is 93.2 Å². The number of benzene rings is 1. The molecular weight excluding hydrogens is 272 g/mol. The molecule has 108 valence electrons. The van der Waals surface area contributed by atoms with Crippen molar-refractivity contribution in [3.05, 3.63) is 48.4 Å². The van der Waals surface area contributed by atoms with E-state index in [-0.39, 0.29) is 0 Å². The Hall–Kier alpha value is -2.96. The minimum Gasteiger partial charge on any atom is -0.462 e. The van der Waals surface area contributed by atoms with E-state index < -0.39 is 12.0 Å². The first-order chi connectivity index (χ1) is 10.2. The average Bonchev–Trinajstić information content (AvgIpc) is 2.48. The lowest BCUT2D eigenvalue weighted by Gasteiger charge is -2.08. The molecule has 1 aromatic heterocycles. The van der Waals surface area contributed by atoms with E-state index in [4.69, 9.17) is 4.74 Å². The smallest absolute Gasteiger partial charge is 0.338 e. The van der Waals surface area contributed by atoms with Gasteiger partial charge in [0.05, 0.1) is 18.4 Å². The number of carbonyl (C=O) groups excluding carboxylic acids is 2. The Kier molecular flexibility index (Phi) is 4.81. The molecular formula is C14H14N4O3. The maximum Gasteiger partial charge on any atom is 0.338 e. The zero-order valence-corrected chi connectivity index (χ0v) is 11.4. The van der Waals surface area contributed by atoms with Crippen LogP contribution in [-0.4, -0.2) is 28.6 Å². The van der Waals surface area contributed by atoms with Gasteiger partial charge in [-0.05, 0) is 25.1 Å². The van der Waals surface area contributed by atoms with E-state index in [1.165, 1.54) is 24.7 Å². The number of urea groups is 1. The molecule has 7 heteroatoms. The number of nitrogens with one attached hydrogen (secondary N) is 2. The highest BCUT2D eigenvalue weighted by Gasteiger charge is 2.08. The lowest BCUT2D eigenvalue weighted by atomic mass is 10.2. The third-order valence-electron chi connectivity index (χ3n) is 2.44. The number of esters is 1. The zero-order valence-electron chi connectivity index (χ0n) is 11.4. The van der Waals surface area contributed by atoms with Gasteiger partial charge in [-0.1, -0.05) is 6.07 Å². The molecule has 0 aliphatic rings. The summed E-state index contributed by atoms with van der Waals surface area (Å²) in [5, 5.41) is 5.13. The Morgan fingerprint density at radius 2 is 2.10 bits per heavy atom. The third-order valence-corrected chi connectivity index (χ3v) is 2.44. The van der Waals surface area contributed by atoms with Gasteiger partial charge in [0.25, 0.3) is 0 Å². The molecule has 0 saturated carbocycles. The van der Waals surface area contributed by atoms with Crippen molar-refractivity contribution in [3.8, 4) is 0 Å². The quantitative estimate of drug-likeness (QED) is 0.841. The van der Waals surface area contributed by atoms with Crippen LogP contribution in [0, 0.1) is 0 Å². The van der Waals surface area contributed by atoms with Crippen LogP contribution in [0.25, 0.3) is 0 Å². The molecule has 2 aromatic rings. The van der Waals surface area contributed by atoms with Crippen LogP contribution < -0.4 is 10.6 Å². The molecule has 7 nitrogen and oxygen atoms in total. The first-order valence-electron chi connectivity index (χ1n) is 6.30. The summed E-state index contributed by atoms with van der Waals surface area (Å²) in [6.07, 6.45) is 4.40. The summed E-state index contributed by atoms with van der Waals surface area (Å²) in [7, 11) is 0. The van der Waals surface area contributed by atoms with Gasteiger partial charge < -0.3 is 10.1 Å². The van der Waals surface area contributed by atoms with Crippen molar-refractivity contribution < 1.29 is 14.3 Å². The van der Waals surface area contributed by atoms with Crippen molar-refractivity contribution in [2.45, 2.75) is 6.92 Å². The van der Waals surface area contributed by atoms with Crippen LogP contribution in [0.3, 0.4) is 0 Å². The molecule has 0 bridgehead atoms. The second-order valence-electron chi connectivity index (χ2n) is 3.97. The van der Waals surface area contributed by atoms with Gasteiger partial charge in [0.2, 0.25) is 0 Å². The summed E-state index contributed by atoms with van der Waals surface area (Å²) in [5.41, 5.74) is 0.844. The summed E-state index contributed by atoms with van der Waals surface area (Å²) in [6.45, 7) is 2.03. The number of ether oxygens (including phenoxy) is 1. The van der Waals surface area contributed by atoms with Crippen molar-refractivity contribution >= 4 is 23.5 Å². The number of rotatable bonds is 4. The minimum atomic E-state index is -0.475. The SMILES string of the molecule is CCOC(=O)c1cccc(NC(=O)Nc2cnccn2)c1. The van der Waals surface area contributed by atoms with E-state index >= 15 is 0 Å². The average molecular weight is 286 g/mol. The second kappa shape index (κ2) is 6.99. The van der Waals surface area contributed by atoms with Crippen LogP contribution in [0.15, 0.2) is 42.9 Å². The summed E-state index contributed by atoms with van der Waals surface area (Å²) in [4.78, 5) is 31.1. The Balaban J connectivity index is 2.01. The molecule has 2 rings (SSSR count). The van der Waals surface area contributed by atoms with Crippen molar-refractivity contribution in [1.82, 2.24) is 9.97 Å². The van der Waals surface area contributed by atoms with Gasteiger partial charge in [-0.2, -0.15) is 0 Å². The molecule has 21 heavy (non-hydrogen) atoms. The van der Waals surface area contributed by atoms with Gasteiger partial charge in [0, 0.05) is 18.1 Å². The minimum absolute atomic E-state index is 0.295. The fraction of sp³-hybridized carbons (Fsp3) is 0.143. The Morgan fingerprint density at radius 1 is 1.24 bits per heavy atom. The zero-order chi connectivity index (χ0) is 15.1. The molecule has 0 fully saturated rings. The van der Waals surface area contributed by atoms with Crippen LogP contribution >= 0.6 is 0 Å². The van der Waals surface area contributed by atoms with Crippen LogP contribution in [0.2, 0.25) is 0 Å². The number of aromatic nitrogens is 2. The molecule has 0 aliphatic heterocycles. The molecule has 0 aliphatic carbocycles. The number of hydrogen-bond acceptors (Lipinski definition) is 5. The van der Waals surface area contributed by atoms with E-state index in [9.17, 15) is 9.59 Å². The molecule has 0 saturated heterocycles. The second-order valence-corrected chi connectivity index (χ2v) is 3.97. The first kappa shape index (κ1) is 14.4. The highest BCUT2D eigenvalue weighted by molar-refractivity contribution is 6.00. The van der Waals surface area contributed by atoms with E-state index in [2.05, 4.69) is 20.6 Å². The van der Waals surface area contributed by atoms with E-state index in [1.807, 2.05) is 0 Å². The molecule has 0 spiro atoms. The first-order valence-corrected chi connectivity index (χ1v) is 6.30. The lowest BCUT2D eigenvalue weighted by molar-refractivity contribution is 0.0526. The van der Waals surface area contributed by atoms with E-state index in [0.717, 1.165) is 0 Å². The van der Waals surface area contributed by atoms with Gasteiger partial charge in [-0.25, -0.2) is 14.6 Å². The predicted octanol–water partition coefficient (Wildman–Crippen LogP) is 2.30. The number of hydrogen-bond donors (Lipinski definition) is 2. The van der Waals surface area contributed by atoms with Crippen LogP contribution in [-0.2, 0) is 4.74 Å². The van der Waals surface area contributed by atoms with Gasteiger partial charge in [0.15, 0.2) is 5.82 Å². The highest BCUT2D eigenvalue weighted by atomic mass is 16.5. The number of carbonyl (C=O) groups is 2. The van der Waals surface area contributed by atoms with Gasteiger partial charge >= 0.3 is 12.0 Å². The maximum absolute atomic E-state index is 11.8. The molecule has 2 N–H and O–H groups in total. The summed E-state index contributed by atoms with van der Waals surface area (Å²) >= 11 is 0. The summed E-state index contributed by atoms with van der Waals surface area (Å²) in [5.74, 6) is -0.105. The lowest BCUT2D eigenvalue weighted by Crippen LogP contribution is -2.20. The Labute approximate surface area is 121 Å². The van der Waals surface area contributed by atoms with Crippen molar-refractivity contribution in [2.75, 3.05) is 17.2 Å². The summed E-state index contributed by atoms with van der Waals surface area (Å²) in [6, 6.07) is 6.00. The monoisotopic (exact) mass is 286 g/mol. The number of nitrogens with zero attached hydrogens (tertiary/aromatic N) is 2. The van der Waals surface area contributed by atoms with Gasteiger partial charge in [-0.15, -0.1) is 0 Å². The summed E-state index contributed by atoms with van der Waals surface area (Å²) < 4.78 is 4.90. The Morgan fingerprint density at radius 3 is 2.81 bits per heavy atom. The third kappa shape index (κ3) is 4.27. The van der Waals surface area contributed by atoms with Crippen LogP contribution in [0.4, 0.5) is 16.3 Å². The van der Waals surface area contributed by atoms with E-state index in [1.54, 1.807) is 25.1 Å². The maximum atomic E-state index is 11.8. The largest absolute Gasteiger partial charge is 0.462 e. The fourth-order valence-electron chi connectivity index (χ4n) is 1.58. The Bertz CT molecular complexity index is 631. The number of amides is 2. The standard InChI is InChI=1S/C14H14N4O3/c1-2-21-13(19)10-4-3-5-11(8-10)17-14(20)18-12-9-15-6-7-16-12/h3-9H,2H2,1H3,(H2,16,17,18,20). The van der Waals surface area contributed by atoms with Crippen molar-refractivity contribution in [1.29, 1.82) is 0 Å². The molecule has 1 aromatic carbocycles. The molecule has 2 amide bonds. The van der Waals surface area contributed by atoms with Gasteiger partial charge in [0.1, 0.15) is 0 Å². The van der Waals surface area contributed by atoms with Crippen molar-refractivity contribution in [2.24, 2.45) is 0 Å². The highest BCUT2D eigenvalue weighted by Crippen LogP contribution is 2.12. The molecule has 0 unspecified atom stereocenters. The van der Waals surface area contributed by atoms with Crippen molar-refractivity contribution in [3.63, 3.8) is 0 Å². The molecule has 0 radical (unpaired) electrons. The van der Waals surface area contributed by atoms with E-state index in [0.29, 0.717) is 23.7 Å². The van der Waals surface area contributed by atoms with Gasteiger partial charge in [-0.3, -0.25) is 10.3 Å².